The SMILES string of the molecule is Cc1cnc(CNC(=O)c2ccc3c(c2)CCN3)cn1. The number of hydrogen-bond acceptors (Lipinski definition) is 4. The molecule has 0 radical (unpaired) electrons. The van der Waals surface area contributed by atoms with Crippen LogP contribution >= 0.6 is 0 Å². The molecule has 0 spiro atoms. The van der Waals surface area contributed by atoms with Gasteiger partial charge in [0.15, 0.2) is 0 Å². The molecule has 2 N–H and O–H groups in total. The second-order valence-electron chi connectivity index (χ2n) is 4.88. The Kier molecular flexibility index (Phi) is 3.33. The molecule has 2 aromatic rings. The van der Waals surface area contributed by atoms with Gasteiger partial charge in [-0.2, -0.15) is 0 Å². The number of fused-ring (bicyclic) bond motifs is 1. The summed E-state index contributed by atoms with van der Waals surface area (Å²) in [5.74, 6) is -0.0814. The lowest BCUT2D eigenvalue weighted by Crippen LogP contribution is -2.23. The van der Waals surface area contributed by atoms with Gasteiger partial charge in [-0.25, -0.2) is 0 Å². The van der Waals surface area contributed by atoms with Gasteiger partial charge in [0.1, 0.15) is 0 Å². The number of amides is 1. The van der Waals surface area contributed by atoms with Crippen molar-refractivity contribution in [2.45, 2.75) is 19.9 Å². The Balaban J connectivity index is 1.66. The van der Waals surface area contributed by atoms with Gasteiger partial charge in [0.05, 0.1) is 24.1 Å². The van der Waals surface area contributed by atoms with Crippen LogP contribution in [-0.2, 0) is 13.0 Å². The van der Waals surface area contributed by atoms with E-state index in [1.165, 1.54) is 5.56 Å². The van der Waals surface area contributed by atoms with Gasteiger partial charge >= 0.3 is 0 Å². The van der Waals surface area contributed by atoms with E-state index in [4.69, 9.17) is 0 Å². The number of carbonyl (C=O) groups is 1. The highest BCUT2D eigenvalue weighted by atomic mass is 16.1. The fourth-order valence-corrected chi connectivity index (χ4v) is 2.23. The molecule has 2 heterocycles. The van der Waals surface area contributed by atoms with Crippen molar-refractivity contribution in [2.24, 2.45) is 0 Å². The zero-order valence-corrected chi connectivity index (χ0v) is 11.3. The van der Waals surface area contributed by atoms with Crippen LogP contribution in [0.25, 0.3) is 0 Å². The van der Waals surface area contributed by atoms with Crippen LogP contribution in [0.4, 0.5) is 5.69 Å². The topological polar surface area (TPSA) is 66.9 Å². The Labute approximate surface area is 117 Å². The van der Waals surface area contributed by atoms with Gasteiger partial charge in [0, 0.05) is 24.0 Å². The summed E-state index contributed by atoms with van der Waals surface area (Å²) in [6, 6.07) is 5.75. The summed E-state index contributed by atoms with van der Waals surface area (Å²) in [6.07, 6.45) is 4.35. The van der Waals surface area contributed by atoms with Crippen LogP contribution in [0.1, 0.15) is 27.3 Å². The van der Waals surface area contributed by atoms with E-state index in [1.54, 1.807) is 12.4 Å². The predicted molar refractivity (Wildman–Crippen MR) is 76.6 cm³/mol. The summed E-state index contributed by atoms with van der Waals surface area (Å²) in [5, 5.41) is 6.14. The van der Waals surface area contributed by atoms with Crippen molar-refractivity contribution in [2.75, 3.05) is 11.9 Å². The van der Waals surface area contributed by atoms with Gasteiger partial charge in [-0.3, -0.25) is 14.8 Å². The highest BCUT2D eigenvalue weighted by Crippen LogP contribution is 2.22. The fourth-order valence-electron chi connectivity index (χ4n) is 2.23. The number of aromatic nitrogens is 2. The molecule has 0 atom stereocenters. The van der Waals surface area contributed by atoms with E-state index in [0.29, 0.717) is 12.1 Å². The molecule has 1 aromatic carbocycles. The van der Waals surface area contributed by atoms with Gasteiger partial charge in [0.25, 0.3) is 5.91 Å². The number of benzene rings is 1. The summed E-state index contributed by atoms with van der Waals surface area (Å²) in [4.78, 5) is 20.5. The van der Waals surface area contributed by atoms with Crippen LogP contribution in [0.2, 0.25) is 0 Å². The highest BCUT2D eigenvalue weighted by Gasteiger charge is 2.13. The van der Waals surface area contributed by atoms with Crippen molar-refractivity contribution < 1.29 is 4.79 Å². The van der Waals surface area contributed by atoms with Crippen LogP contribution in [0.5, 0.6) is 0 Å². The Morgan fingerprint density at radius 2 is 2.25 bits per heavy atom. The van der Waals surface area contributed by atoms with Gasteiger partial charge in [-0.15, -0.1) is 0 Å². The number of anilines is 1. The molecule has 5 heteroatoms. The first-order valence-corrected chi connectivity index (χ1v) is 6.65. The minimum absolute atomic E-state index is 0.0814. The van der Waals surface area contributed by atoms with Gasteiger partial charge < -0.3 is 10.6 Å². The van der Waals surface area contributed by atoms with E-state index >= 15 is 0 Å². The lowest BCUT2D eigenvalue weighted by atomic mass is 10.1. The molecule has 0 unspecified atom stereocenters. The minimum Gasteiger partial charge on any atom is -0.384 e. The van der Waals surface area contributed by atoms with Crippen molar-refractivity contribution in [1.29, 1.82) is 0 Å². The molecule has 0 fully saturated rings. The third-order valence-corrected chi connectivity index (χ3v) is 3.34. The molecule has 20 heavy (non-hydrogen) atoms. The van der Waals surface area contributed by atoms with E-state index in [0.717, 1.165) is 30.0 Å². The standard InChI is InChI=1S/C15H16N4O/c1-10-7-18-13(8-17-10)9-19-15(20)12-2-3-14-11(6-12)4-5-16-14/h2-3,6-8,16H,4-5,9H2,1H3,(H,19,20). The van der Waals surface area contributed by atoms with Crippen molar-refractivity contribution in [3.8, 4) is 0 Å². The van der Waals surface area contributed by atoms with E-state index in [9.17, 15) is 4.79 Å². The maximum Gasteiger partial charge on any atom is 0.251 e. The molecule has 102 valence electrons. The molecule has 0 saturated heterocycles. The zero-order valence-electron chi connectivity index (χ0n) is 11.3. The lowest BCUT2D eigenvalue weighted by Gasteiger charge is -2.06. The number of hydrogen-bond donors (Lipinski definition) is 2. The fraction of sp³-hybridized carbons (Fsp3) is 0.267. The van der Waals surface area contributed by atoms with Crippen LogP contribution in [0.15, 0.2) is 30.6 Å². The first-order chi connectivity index (χ1) is 9.72. The van der Waals surface area contributed by atoms with E-state index in [2.05, 4.69) is 20.6 Å². The summed E-state index contributed by atoms with van der Waals surface area (Å²) < 4.78 is 0. The van der Waals surface area contributed by atoms with Crippen molar-refractivity contribution >= 4 is 11.6 Å². The zero-order chi connectivity index (χ0) is 13.9. The molecule has 1 amide bonds. The second-order valence-corrected chi connectivity index (χ2v) is 4.88. The Hall–Kier alpha value is -2.43. The maximum atomic E-state index is 12.1. The number of aryl methyl sites for hydroxylation is 1. The molecule has 1 aliphatic heterocycles. The number of nitrogens with one attached hydrogen (secondary N) is 2. The molecule has 1 aliphatic rings. The molecule has 1 aromatic heterocycles. The summed E-state index contributed by atoms with van der Waals surface area (Å²) >= 11 is 0. The highest BCUT2D eigenvalue weighted by molar-refractivity contribution is 5.95. The summed E-state index contributed by atoms with van der Waals surface area (Å²) in [5.41, 5.74) is 4.64. The number of carbonyl (C=O) groups excluding carboxylic acids is 1. The van der Waals surface area contributed by atoms with Crippen molar-refractivity contribution in [3.05, 3.63) is 53.1 Å². The summed E-state index contributed by atoms with van der Waals surface area (Å²) in [7, 11) is 0. The first-order valence-electron chi connectivity index (χ1n) is 6.65. The predicted octanol–water partition coefficient (Wildman–Crippen LogP) is 1.68. The largest absolute Gasteiger partial charge is 0.384 e. The molecule has 0 saturated carbocycles. The Morgan fingerprint density at radius 3 is 3.05 bits per heavy atom. The van der Waals surface area contributed by atoms with Crippen molar-refractivity contribution in [3.63, 3.8) is 0 Å². The Bertz CT molecular complexity index is 637. The Morgan fingerprint density at radius 1 is 1.35 bits per heavy atom. The van der Waals surface area contributed by atoms with Gasteiger partial charge in [-0.05, 0) is 37.1 Å². The molecule has 3 rings (SSSR count). The smallest absolute Gasteiger partial charge is 0.251 e. The number of rotatable bonds is 3. The molecule has 0 bridgehead atoms. The van der Waals surface area contributed by atoms with Crippen molar-refractivity contribution in [1.82, 2.24) is 15.3 Å². The van der Waals surface area contributed by atoms with Gasteiger partial charge in [0.2, 0.25) is 0 Å². The number of nitrogens with zero attached hydrogens (tertiary/aromatic N) is 2. The monoisotopic (exact) mass is 268 g/mol. The molecule has 0 aliphatic carbocycles. The summed E-state index contributed by atoms with van der Waals surface area (Å²) in [6.45, 7) is 3.22. The van der Waals surface area contributed by atoms with Crippen LogP contribution in [0, 0.1) is 6.92 Å². The maximum absolute atomic E-state index is 12.1. The van der Waals surface area contributed by atoms with E-state index < -0.39 is 0 Å². The quantitative estimate of drug-likeness (QED) is 0.889. The van der Waals surface area contributed by atoms with Crippen LogP contribution < -0.4 is 10.6 Å². The van der Waals surface area contributed by atoms with Gasteiger partial charge in [-0.1, -0.05) is 0 Å². The molecular weight excluding hydrogens is 252 g/mol. The minimum atomic E-state index is -0.0814. The normalized spacial score (nSPS) is 12.7. The van der Waals surface area contributed by atoms with E-state index in [-0.39, 0.29) is 5.91 Å². The van der Waals surface area contributed by atoms with E-state index in [1.807, 2.05) is 25.1 Å². The first kappa shape index (κ1) is 12.6. The van der Waals surface area contributed by atoms with Crippen LogP contribution in [-0.4, -0.2) is 22.4 Å². The van der Waals surface area contributed by atoms with Crippen LogP contribution in [0.3, 0.4) is 0 Å². The lowest BCUT2D eigenvalue weighted by molar-refractivity contribution is 0.0950. The second kappa shape index (κ2) is 5.28. The average molecular weight is 268 g/mol. The molecule has 5 nitrogen and oxygen atoms in total. The third kappa shape index (κ3) is 2.61. The molecular formula is C15H16N4O. The average Bonchev–Trinajstić information content (AvgIpc) is 2.93. The third-order valence-electron chi connectivity index (χ3n) is 3.34.